The number of aliphatic imine (C=N–C) groups is 1. The molecule has 1 N–H and O–H groups in total. The molecule has 0 atom stereocenters. The third-order valence-electron chi connectivity index (χ3n) is 4.55. The molecule has 7 nitrogen and oxygen atoms in total. The van der Waals surface area contributed by atoms with E-state index < -0.39 is 23.4 Å². The summed E-state index contributed by atoms with van der Waals surface area (Å²) in [7, 11) is 1.53. The molecule has 33 heavy (non-hydrogen) atoms. The second-order valence-electron chi connectivity index (χ2n) is 6.72. The first-order chi connectivity index (χ1) is 15.8. The van der Waals surface area contributed by atoms with Gasteiger partial charge in [0, 0.05) is 31.3 Å². The highest BCUT2D eigenvalue weighted by atomic mass is 35.5. The summed E-state index contributed by atoms with van der Waals surface area (Å²) >= 11 is 6.48. The highest BCUT2D eigenvalue weighted by Crippen LogP contribution is 2.33. The zero-order valence-corrected chi connectivity index (χ0v) is 18.5. The maximum atomic E-state index is 13.9. The number of ether oxygens (including phenoxy) is 1. The van der Waals surface area contributed by atoms with Crippen molar-refractivity contribution in [1.29, 1.82) is 0 Å². The highest BCUT2D eigenvalue weighted by molar-refractivity contribution is 6.38. The summed E-state index contributed by atoms with van der Waals surface area (Å²) in [5, 5.41) is 8.22. The number of hydrazone groups is 1. The Morgan fingerprint density at radius 2 is 1.94 bits per heavy atom. The molecule has 0 aliphatic carbocycles. The summed E-state index contributed by atoms with van der Waals surface area (Å²) in [5.41, 5.74) is 0.783. The predicted molar refractivity (Wildman–Crippen MR) is 122 cm³/mol. The van der Waals surface area contributed by atoms with E-state index in [2.05, 4.69) is 22.1 Å². The van der Waals surface area contributed by atoms with Crippen LogP contribution in [0.1, 0.15) is 22.8 Å². The van der Waals surface area contributed by atoms with Crippen molar-refractivity contribution in [3.8, 4) is 5.75 Å². The first kappa shape index (κ1) is 23.8. The van der Waals surface area contributed by atoms with Crippen LogP contribution in [0.15, 0.2) is 64.3 Å². The third kappa shape index (κ3) is 5.15. The molecule has 10 heteroatoms. The van der Waals surface area contributed by atoms with Gasteiger partial charge in [0.1, 0.15) is 5.82 Å². The van der Waals surface area contributed by atoms with Crippen molar-refractivity contribution in [1.82, 2.24) is 10.3 Å². The van der Waals surface area contributed by atoms with Gasteiger partial charge in [-0.3, -0.25) is 14.6 Å². The summed E-state index contributed by atoms with van der Waals surface area (Å²) < 4.78 is 32.4. The Morgan fingerprint density at radius 3 is 2.58 bits per heavy atom. The molecule has 0 spiro atoms. The van der Waals surface area contributed by atoms with E-state index in [0.29, 0.717) is 12.6 Å². The SMILES string of the molecule is C=NC(=O)/C(=C1/C=CC(Oc2ccc(F)cc2F)=NN1C)c1cccc(C(=O)NCC)c1Cl. The van der Waals surface area contributed by atoms with E-state index in [1.54, 1.807) is 19.1 Å². The molecule has 2 aromatic rings. The molecule has 0 bridgehead atoms. The van der Waals surface area contributed by atoms with Crippen LogP contribution >= 0.6 is 11.6 Å². The number of carbonyl (C=O) groups excluding carboxylic acids is 2. The van der Waals surface area contributed by atoms with Gasteiger partial charge in [0.25, 0.3) is 11.8 Å². The summed E-state index contributed by atoms with van der Waals surface area (Å²) in [4.78, 5) is 28.5. The molecular weight excluding hydrogens is 454 g/mol. The van der Waals surface area contributed by atoms with E-state index in [9.17, 15) is 18.4 Å². The molecular formula is C23H19ClF2N4O3. The fourth-order valence-corrected chi connectivity index (χ4v) is 3.37. The molecule has 170 valence electrons. The van der Waals surface area contributed by atoms with Gasteiger partial charge < -0.3 is 10.1 Å². The smallest absolute Gasteiger partial charge is 0.279 e. The van der Waals surface area contributed by atoms with Crippen LogP contribution in [0, 0.1) is 11.6 Å². The lowest BCUT2D eigenvalue weighted by Gasteiger charge is -2.23. The standard InChI is InChI=1S/C23H19ClF2N4O3/c1-4-28-22(31)15-7-5-6-14(21(15)24)20(23(32)27-2)17-9-11-19(29-30(17)3)33-18-10-8-13(25)12-16(18)26/h5-12H,2,4H2,1,3H3,(H,28,31)/b20-17-. The van der Waals surface area contributed by atoms with Crippen LogP contribution in [0.5, 0.6) is 5.75 Å². The Labute approximate surface area is 193 Å². The Morgan fingerprint density at radius 1 is 1.21 bits per heavy atom. The molecule has 0 fully saturated rings. The lowest BCUT2D eigenvalue weighted by atomic mass is 9.99. The van der Waals surface area contributed by atoms with E-state index in [1.165, 1.54) is 30.3 Å². The van der Waals surface area contributed by atoms with E-state index >= 15 is 0 Å². The fourth-order valence-electron chi connectivity index (χ4n) is 3.06. The van der Waals surface area contributed by atoms with Gasteiger partial charge in [-0.1, -0.05) is 23.7 Å². The fraction of sp³-hybridized carbons (Fsp3) is 0.130. The van der Waals surface area contributed by atoms with Crippen molar-refractivity contribution in [2.45, 2.75) is 6.92 Å². The number of carbonyl (C=O) groups is 2. The monoisotopic (exact) mass is 472 g/mol. The molecule has 2 aromatic carbocycles. The Hall–Kier alpha value is -3.85. The van der Waals surface area contributed by atoms with Crippen LogP contribution in [-0.2, 0) is 4.79 Å². The van der Waals surface area contributed by atoms with Crippen molar-refractivity contribution in [3.05, 3.63) is 82.0 Å². The van der Waals surface area contributed by atoms with Gasteiger partial charge in [-0.2, -0.15) is 0 Å². The summed E-state index contributed by atoms with van der Waals surface area (Å²) in [6.45, 7) is 5.47. The number of amides is 2. The lowest BCUT2D eigenvalue weighted by molar-refractivity contribution is -0.112. The maximum absolute atomic E-state index is 13.9. The number of allylic oxidation sites excluding steroid dienone is 1. The quantitative estimate of drug-likeness (QED) is 0.522. The molecule has 0 unspecified atom stereocenters. The Kier molecular flexibility index (Phi) is 7.34. The highest BCUT2D eigenvalue weighted by Gasteiger charge is 2.25. The number of benzene rings is 2. The zero-order chi connectivity index (χ0) is 24.1. The number of likely N-dealkylation sites (N-methyl/N-ethyl adjacent to an activating group) is 1. The lowest BCUT2D eigenvalue weighted by Crippen LogP contribution is -2.24. The second kappa shape index (κ2) is 10.2. The van der Waals surface area contributed by atoms with E-state index in [-0.39, 0.29) is 39.1 Å². The van der Waals surface area contributed by atoms with Crippen LogP contribution in [0.3, 0.4) is 0 Å². The van der Waals surface area contributed by atoms with Crippen LogP contribution < -0.4 is 10.1 Å². The average Bonchev–Trinajstić information content (AvgIpc) is 2.78. The molecule has 0 aromatic heterocycles. The Bertz CT molecular complexity index is 1220. The van der Waals surface area contributed by atoms with Crippen LogP contribution in [0.2, 0.25) is 5.02 Å². The van der Waals surface area contributed by atoms with Gasteiger partial charge in [0.2, 0.25) is 5.90 Å². The van der Waals surface area contributed by atoms with Gasteiger partial charge >= 0.3 is 0 Å². The largest absolute Gasteiger partial charge is 0.435 e. The van der Waals surface area contributed by atoms with Gasteiger partial charge in [0.15, 0.2) is 11.6 Å². The number of hydrogen-bond acceptors (Lipinski definition) is 5. The number of nitrogens with one attached hydrogen (secondary N) is 1. The van der Waals surface area contributed by atoms with Gasteiger partial charge in [-0.05, 0) is 37.9 Å². The van der Waals surface area contributed by atoms with Crippen LogP contribution in [-0.4, -0.2) is 43.0 Å². The van der Waals surface area contributed by atoms with Crippen LogP contribution in [0.25, 0.3) is 5.57 Å². The van der Waals surface area contributed by atoms with Gasteiger partial charge in [-0.15, -0.1) is 5.10 Å². The number of hydrogen-bond donors (Lipinski definition) is 1. The molecule has 2 amide bonds. The number of nitrogens with zero attached hydrogens (tertiary/aromatic N) is 3. The van der Waals surface area contributed by atoms with Crippen molar-refractivity contribution in [3.63, 3.8) is 0 Å². The maximum Gasteiger partial charge on any atom is 0.279 e. The molecule has 0 radical (unpaired) electrons. The molecule has 1 aliphatic heterocycles. The summed E-state index contributed by atoms with van der Waals surface area (Å²) in [6.07, 6.45) is 2.90. The van der Waals surface area contributed by atoms with E-state index in [1.807, 2.05) is 0 Å². The third-order valence-corrected chi connectivity index (χ3v) is 4.96. The normalized spacial score (nSPS) is 14.5. The molecule has 3 rings (SSSR count). The average molecular weight is 473 g/mol. The van der Waals surface area contributed by atoms with E-state index in [0.717, 1.165) is 12.1 Å². The second-order valence-corrected chi connectivity index (χ2v) is 7.10. The molecule has 0 saturated heterocycles. The van der Waals surface area contributed by atoms with E-state index in [4.69, 9.17) is 16.3 Å². The summed E-state index contributed by atoms with van der Waals surface area (Å²) in [5.74, 6) is -2.95. The van der Waals surface area contributed by atoms with Crippen LogP contribution in [0.4, 0.5) is 8.78 Å². The van der Waals surface area contributed by atoms with Gasteiger partial charge in [-0.25, -0.2) is 13.8 Å². The van der Waals surface area contributed by atoms with Crippen molar-refractivity contribution in [2.24, 2.45) is 10.1 Å². The first-order valence-corrected chi connectivity index (χ1v) is 10.1. The van der Waals surface area contributed by atoms with Crippen molar-refractivity contribution in [2.75, 3.05) is 13.6 Å². The molecule has 1 heterocycles. The topological polar surface area (TPSA) is 83.4 Å². The Balaban J connectivity index is 2.03. The first-order valence-electron chi connectivity index (χ1n) is 9.72. The predicted octanol–water partition coefficient (Wildman–Crippen LogP) is 4.20. The van der Waals surface area contributed by atoms with Crippen molar-refractivity contribution >= 4 is 41.6 Å². The minimum Gasteiger partial charge on any atom is -0.435 e. The summed E-state index contributed by atoms with van der Waals surface area (Å²) in [6, 6.07) is 7.57. The number of halogens is 3. The van der Waals surface area contributed by atoms with Gasteiger partial charge in [0.05, 0.1) is 21.9 Å². The molecule has 0 saturated carbocycles. The minimum absolute atomic E-state index is 0.00714. The zero-order valence-electron chi connectivity index (χ0n) is 17.7. The minimum atomic E-state index is -0.893. The van der Waals surface area contributed by atoms with Crippen molar-refractivity contribution < 1.29 is 23.1 Å². The number of rotatable bonds is 5. The molecule has 1 aliphatic rings.